The van der Waals surface area contributed by atoms with Gasteiger partial charge in [0.25, 0.3) is 0 Å². The Balaban J connectivity index is 2.97. The number of carbonyl (C=O) groups is 1. The maximum absolute atomic E-state index is 12.3. The highest BCUT2D eigenvalue weighted by atomic mass is 19.4. The van der Waals surface area contributed by atoms with Gasteiger partial charge in [-0.3, -0.25) is 0 Å². The molecule has 0 spiro atoms. The summed E-state index contributed by atoms with van der Waals surface area (Å²) in [7, 11) is 1.46. The molecule has 0 aliphatic rings. The molecule has 142 valence electrons. The fraction of sp³-hybridized carbons (Fsp3) is 0.562. The van der Waals surface area contributed by atoms with Crippen molar-refractivity contribution in [3.05, 3.63) is 23.8 Å². The number of rotatable bonds is 6. The first-order valence-electron chi connectivity index (χ1n) is 7.45. The second kappa shape index (κ2) is 8.28. The predicted octanol–water partition coefficient (Wildman–Crippen LogP) is 3.67. The van der Waals surface area contributed by atoms with E-state index in [1.54, 1.807) is 20.8 Å². The maximum atomic E-state index is 12.3. The number of amides is 1. The zero-order chi connectivity index (χ0) is 19.3. The van der Waals surface area contributed by atoms with Crippen molar-refractivity contribution in [2.45, 2.75) is 39.3 Å². The van der Waals surface area contributed by atoms with Crippen LogP contribution in [0.3, 0.4) is 0 Å². The average molecular weight is 365 g/mol. The Hall–Kier alpha value is -2.16. The van der Waals surface area contributed by atoms with E-state index in [0.717, 1.165) is 12.1 Å². The number of nitrogens with zero attached hydrogens (tertiary/aromatic N) is 1. The summed E-state index contributed by atoms with van der Waals surface area (Å²) in [6.07, 6.45) is -5.53. The third kappa shape index (κ3) is 8.48. The average Bonchev–Trinajstić information content (AvgIpc) is 2.38. The summed E-state index contributed by atoms with van der Waals surface area (Å²) in [6.45, 7) is 5.39. The molecule has 0 aromatic heterocycles. The van der Waals surface area contributed by atoms with Crippen molar-refractivity contribution in [3.8, 4) is 11.5 Å². The number of ether oxygens (including phenoxy) is 3. The van der Waals surface area contributed by atoms with Gasteiger partial charge in [-0.15, -0.1) is 13.2 Å². The number of aromatic hydroxyl groups is 1. The van der Waals surface area contributed by atoms with Gasteiger partial charge in [-0.1, -0.05) is 0 Å². The van der Waals surface area contributed by atoms with E-state index in [-0.39, 0.29) is 25.3 Å². The molecule has 0 bridgehead atoms. The summed E-state index contributed by atoms with van der Waals surface area (Å²) < 4.78 is 51.0. The fourth-order valence-electron chi connectivity index (χ4n) is 1.91. The summed E-state index contributed by atoms with van der Waals surface area (Å²) in [5, 5.41) is 9.60. The summed E-state index contributed by atoms with van der Waals surface area (Å²) in [5.41, 5.74) is -0.479. The molecular weight excluding hydrogens is 343 g/mol. The van der Waals surface area contributed by atoms with Gasteiger partial charge >= 0.3 is 12.5 Å². The van der Waals surface area contributed by atoms with E-state index in [9.17, 15) is 23.1 Å². The van der Waals surface area contributed by atoms with Crippen LogP contribution in [0.25, 0.3) is 0 Å². The molecule has 0 fully saturated rings. The Kier molecular flexibility index (Phi) is 6.92. The minimum Gasteiger partial charge on any atom is -0.508 e. The van der Waals surface area contributed by atoms with Gasteiger partial charge in [-0.05, 0) is 38.5 Å². The maximum Gasteiger partial charge on any atom is 0.573 e. The summed E-state index contributed by atoms with van der Waals surface area (Å²) >= 11 is 0. The largest absolute Gasteiger partial charge is 0.573 e. The fourth-order valence-corrected chi connectivity index (χ4v) is 1.91. The standard InChI is InChI=1S/C16H22F3NO5/c1-15(2,3)25-14(22)20(5-6-23-4)10-11-7-12(21)9-13(8-11)24-16(17,18)19/h7-9,21H,5-6,10H2,1-4H3. The Bertz CT molecular complexity index is 584. The SMILES string of the molecule is COCCN(Cc1cc(O)cc(OC(F)(F)F)c1)C(=O)OC(C)(C)C. The van der Waals surface area contributed by atoms with Crippen molar-refractivity contribution in [1.82, 2.24) is 4.90 Å². The Morgan fingerprint density at radius 1 is 1.20 bits per heavy atom. The van der Waals surface area contributed by atoms with E-state index in [1.165, 1.54) is 18.1 Å². The molecule has 0 heterocycles. The first-order valence-corrected chi connectivity index (χ1v) is 7.45. The van der Waals surface area contributed by atoms with Gasteiger partial charge in [0.05, 0.1) is 6.61 Å². The van der Waals surface area contributed by atoms with Crippen LogP contribution in [0.2, 0.25) is 0 Å². The van der Waals surface area contributed by atoms with Crippen LogP contribution in [0.4, 0.5) is 18.0 Å². The van der Waals surface area contributed by atoms with Crippen LogP contribution in [0.1, 0.15) is 26.3 Å². The molecule has 1 N–H and O–H groups in total. The first-order chi connectivity index (χ1) is 11.4. The van der Waals surface area contributed by atoms with Crippen LogP contribution >= 0.6 is 0 Å². The van der Waals surface area contributed by atoms with Crippen molar-refractivity contribution in [1.29, 1.82) is 0 Å². The highest BCUT2D eigenvalue weighted by molar-refractivity contribution is 5.68. The molecule has 9 heteroatoms. The Morgan fingerprint density at radius 3 is 2.36 bits per heavy atom. The highest BCUT2D eigenvalue weighted by Gasteiger charge is 2.31. The van der Waals surface area contributed by atoms with E-state index in [2.05, 4.69) is 4.74 Å². The number of phenols is 1. The molecule has 0 aliphatic heterocycles. The topological polar surface area (TPSA) is 68.2 Å². The second-order valence-corrected chi connectivity index (χ2v) is 6.28. The van der Waals surface area contributed by atoms with Gasteiger partial charge in [0.1, 0.15) is 17.1 Å². The van der Waals surface area contributed by atoms with Gasteiger partial charge in [-0.2, -0.15) is 0 Å². The van der Waals surface area contributed by atoms with E-state index in [4.69, 9.17) is 9.47 Å². The molecule has 6 nitrogen and oxygen atoms in total. The molecular formula is C16H22F3NO5. The monoisotopic (exact) mass is 365 g/mol. The van der Waals surface area contributed by atoms with Crippen LogP contribution in [-0.4, -0.2) is 48.3 Å². The van der Waals surface area contributed by atoms with Crippen LogP contribution in [0.5, 0.6) is 11.5 Å². The summed E-state index contributed by atoms with van der Waals surface area (Å²) in [6, 6.07) is 3.18. The molecule has 1 aromatic carbocycles. The number of phenolic OH excluding ortho intramolecular Hbond substituents is 1. The first kappa shape index (κ1) is 20.9. The molecule has 25 heavy (non-hydrogen) atoms. The van der Waals surface area contributed by atoms with E-state index >= 15 is 0 Å². The van der Waals surface area contributed by atoms with Crippen molar-refractivity contribution < 1.29 is 37.3 Å². The quantitative estimate of drug-likeness (QED) is 0.833. The zero-order valence-corrected chi connectivity index (χ0v) is 14.5. The summed E-state index contributed by atoms with van der Waals surface area (Å²) in [4.78, 5) is 13.5. The lowest BCUT2D eigenvalue weighted by Gasteiger charge is -2.27. The van der Waals surface area contributed by atoms with E-state index in [1.807, 2.05) is 0 Å². The van der Waals surface area contributed by atoms with E-state index in [0.29, 0.717) is 0 Å². The van der Waals surface area contributed by atoms with Crippen molar-refractivity contribution in [2.24, 2.45) is 0 Å². The normalized spacial score (nSPS) is 12.0. The van der Waals surface area contributed by atoms with Gasteiger partial charge < -0.3 is 24.2 Å². The molecule has 0 saturated carbocycles. The Labute approximate surface area is 144 Å². The number of carbonyl (C=O) groups excluding carboxylic acids is 1. The molecule has 1 rings (SSSR count). The third-order valence-electron chi connectivity index (χ3n) is 2.78. The number of methoxy groups -OCH3 is 1. The Morgan fingerprint density at radius 2 is 1.84 bits per heavy atom. The number of hydrogen-bond acceptors (Lipinski definition) is 5. The van der Waals surface area contributed by atoms with Crippen LogP contribution in [-0.2, 0) is 16.0 Å². The van der Waals surface area contributed by atoms with Gasteiger partial charge in [0.15, 0.2) is 0 Å². The molecule has 1 amide bonds. The molecule has 0 radical (unpaired) electrons. The molecule has 1 aromatic rings. The lowest BCUT2D eigenvalue weighted by atomic mass is 10.2. The summed E-state index contributed by atoms with van der Waals surface area (Å²) in [5.74, 6) is -0.981. The van der Waals surface area contributed by atoms with Gasteiger partial charge in [-0.25, -0.2) is 4.79 Å². The highest BCUT2D eigenvalue weighted by Crippen LogP contribution is 2.28. The molecule has 0 atom stereocenters. The number of halogens is 3. The van der Waals surface area contributed by atoms with Crippen LogP contribution < -0.4 is 4.74 Å². The number of hydrogen-bond donors (Lipinski definition) is 1. The molecule has 0 unspecified atom stereocenters. The molecule has 0 aliphatic carbocycles. The van der Waals surface area contributed by atoms with Gasteiger partial charge in [0.2, 0.25) is 0 Å². The van der Waals surface area contributed by atoms with Crippen molar-refractivity contribution in [2.75, 3.05) is 20.3 Å². The second-order valence-electron chi connectivity index (χ2n) is 6.28. The lowest BCUT2D eigenvalue weighted by molar-refractivity contribution is -0.274. The van der Waals surface area contributed by atoms with E-state index < -0.39 is 29.6 Å². The number of benzene rings is 1. The lowest BCUT2D eigenvalue weighted by Crippen LogP contribution is -2.38. The van der Waals surface area contributed by atoms with Crippen LogP contribution in [0, 0.1) is 0 Å². The van der Waals surface area contributed by atoms with Crippen molar-refractivity contribution >= 4 is 6.09 Å². The smallest absolute Gasteiger partial charge is 0.508 e. The minimum atomic E-state index is -4.88. The zero-order valence-electron chi connectivity index (χ0n) is 14.5. The number of alkyl halides is 3. The third-order valence-corrected chi connectivity index (χ3v) is 2.78. The van der Waals surface area contributed by atoms with Gasteiger partial charge in [0, 0.05) is 26.3 Å². The molecule has 0 saturated heterocycles. The van der Waals surface area contributed by atoms with Crippen molar-refractivity contribution in [3.63, 3.8) is 0 Å². The predicted molar refractivity (Wildman–Crippen MR) is 83.3 cm³/mol. The minimum absolute atomic E-state index is 0.0824. The van der Waals surface area contributed by atoms with Crippen LogP contribution in [0.15, 0.2) is 18.2 Å².